The number of nitrogens with one attached hydrogen (secondary N) is 1. The Balaban J connectivity index is 0. The Labute approximate surface area is 127 Å². The average molecular weight is 305 g/mol. The van der Waals surface area contributed by atoms with Crippen molar-refractivity contribution >= 4 is 41.3 Å². The van der Waals surface area contributed by atoms with E-state index in [9.17, 15) is 0 Å². The molecule has 5 heteroatoms. The van der Waals surface area contributed by atoms with Crippen LogP contribution in [0.25, 0.3) is 10.8 Å². The van der Waals surface area contributed by atoms with Crippen molar-refractivity contribution < 1.29 is 5.11 Å². The third kappa shape index (κ3) is 6.64. The molecule has 0 saturated heterocycles. The monoisotopic (exact) mass is 304 g/mol. The Kier molecular flexibility index (Phi) is 12.9. The van der Waals surface area contributed by atoms with E-state index in [1.165, 1.54) is 10.8 Å². The second-order valence-corrected chi connectivity index (χ2v) is 3.56. The summed E-state index contributed by atoms with van der Waals surface area (Å²) in [5, 5.41) is 13.4. The first-order valence-electron chi connectivity index (χ1n) is 5.86. The van der Waals surface area contributed by atoms with E-state index in [1.54, 1.807) is 6.92 Å². The highest BCUT2D eigenvalue weighted by Gasteiger charge is 1.97. The van der Waals surface area contributed by atoms with Crippen molar-refractivity contribution in [3.05, 3.63) is 42.5 Å². The predicted octanol–water partition coefficient (Wildman–Crippen LogP) is 3.05. The number of anilines is 1. The minimum absolute atomic E-state index is 0. The maximum atomic E-state index is 7.57. The van der Waals surface area contributed by atoms with Gasteiger partial charge in [-0.05, 0) is 18.4 Å². The molecular weight excluding hydrogens is 283 g/mol. The van der Waals surface area contributed by atoms with Crippen LogP contribution in [0, 0.1) is 0 Å². The topological polar surface area (TPSA) is 58.3 Å². The van der Waals surface area contributed by atoms with Gasteiger partial charge in [0, 0.05) is 30.8 Å². The van der Waals surface area contributed by atoms with Crippen LogP contribution in [0.2, 0.25) is 0 Å². The zero-order valence-corrected chi connectivity index (χ0v) is 12.6. The molecule has 0 heterocycles. The third-order valence-electron chi connectivity index (χ3n) is 2.25. The molecule has 0 amide bonds. The molecule has 2 aromatic carbocycles. The highest BCUT2D eigenvalue weighted by molar-refractivity contribution is 5.93. The Morgan fingerprint density at radius 1 is 1.05 bits per heavy atom. The molecule has 3 nitrogen and oxygen atoms in total. The average Bonchev–Trinajstić information content (AvgIpc) is 2.37. The van der Waals surface area contributed by atoms with Crippen molar-refractivity contribution in [1.29, 1.82) is 0 Å². The van der Waals surface area contributed by atoms with Gasteiger partial charge in [0.05, 0.1) is 0 Å². The van der Waals surface area contributed by atoms with Gasteiger partial charge >= 0.3 is 0 Å². The number of rotatable bonds is 3. The number of hydrogen-bond donors (Lipinski definition) is 3. The van der Waals surface area contributed by atoms with Gasteiger partial charge in [-0.25, -0.2) is 0 Å². The lowest BCUT2D eigenvalue weighted by atomic mass is 10.1. The van der Waals surface area contributed by atoms with Crippen LogP contribution >= 0.6 is 24.8 Å². The van der Waals surface area contributed by atoms with E-state index in [1.807, 2.05) is 0 Å². The van der Waals surface area contributed by atoms with E-state index in [-0.39, 0.29) is 31.4 Å². The minimum Gasteiger partial charge on any atom is -0.397 e. The van der Waals surface area contributed by atoms with Gasteiger partial charge in [0.15, 0.2) is 0 Å². The number of benzene rings is 2. The molecule has 0 radical (unpaired) electrons. The number of nitrogens with two attached hydrogens (primary N) is 1. The first kappa shape index (κ1) is 20.3. The zero-order valence-electron chi connectivity index (χ0n) is 11.0. The Morgan fingerprint density at radius 2 is 1.63 bits per heavy atom. The van der Waals surface area contributed by atoms with Crippen molar-refractivity contribution in [3.8, 4) is 0 Å². The highest BCUT2D eigenvalue weighted by atomic mass is 35.5. The van der Waals surface area contributed by atoms with Crippen LogP contribution in [0.1, 0.15) is 6.92 Å². The standard InChI is InChI=1S/C12H14N2.C2H6O.2ClH/c13-8-9-14-12-7-3-5-10-4-1-2-6-11(10)12;1-2-3;;/h1-7,14H,8-9,13H2;3H,2H2,1H3;2*1H. The summed E-state index contributed by atoms with van der Waals surface area (Å²) < 4.78 is 0. The molecule has 0 aliphatic carbocycles. The van der Waals surface area contributed by atoms with Gasteiger partial charge in [-0.1, -0.05) is 36.4 Å². The maximum absolute atomic E-state index is 7.57. The number of halogens is 2. The van der Waals surface area contributed by atoms with Gasteiger partial charge in [0.25, 0.3) is 0 Å². The van der Waals surface area contributed by atoms with Crippen LogP contribution in [-0.2, 0) is 0 Å². The number of hydrogen-bond acceptors (Lipinski definition) is 3. The lowest BCUT2D eigenvalue weighted by molar-refractivity contribution is 0.318. The second-order valence-electron chi connectivity index (χ2n) is 3.56. The summed E-state index contributed by atoms with van der Waals surface area (Å²) in [6, 6.07) is 14.6. The molecule has 0 atom stereocenters. The second kappa shape index (κ2) is 12.1. The van der Waals surface area contributed by atoms with Crippen LogP contribution < -0.4 is 11.1 Å². The normalized spacial score (nSPS) is 8.58. The zero-order chi connectivity index (χ0) is 12.5. The van der Waals surface area contributed by atoms with Gasteiger partial charge in [-0.3, -0.25) is 0 Å². The van der Waals surface area contributed by atoms with E-state index < -0.39 is 0 Å². The number of fused-ring (bicyclic) bond motifs is 1. The van der Waals surface area contributed by atoms with Crippen LogP contribution in [0.5, 0.6) is 0 Å². The van der Waals surface area contributed by atoms with Crippen LogP contribution in [0.4, 0.5) is 5.69 Å². The fourth-order valence-corrected chi connectivity index (χ4v) is 1.59. The molecule has 0 aromatic heterocycles. The summed E-state index contributed by atoms with van der Waals surface area (Å²) >= 11 is 0. The van der Waals surface area contributed by atoms with Gasteiger partial charge in [0.2, 0.25) is 0 Å². The summed E-state index contributed by atoms with van der Waals surface area (Å²) in [4.78, 5) is 0. The summed E-state index contributed by atoms with van der Waals surface area (Å²) in [5.74, 6) is 0. The maximum Gasteiger partial charge on any atom is 0.0420 e. The van der Waals surface area contributed by atoms with Crippen LogP contribution in [0.3, 0.4) is 0 Å². The molecule has 0 aliphatic heterocycles. The van der Waals surface area contributed by atoms with Crippen LogP contribution in [0.15, 0.2) is 42.5 Å². The molecule has 19 heavy (non-hydrogen) atoms. The molecule has 2 rings (SSSR count). The summed E-state index contributed by atoms with van der Waals surface area (Å²) in [7, 11) is 0. The molecule has 0 unspecified atom stereocenters. The van der Waals surface area contributed by atoms with Gasteiger partial charge in [0.1, 0.15) is 0 Å². The van der Waals surface area contributed by atoms with Gasteiger partial charge < -0.3 is 16.2 Å². The van der Waals surface area contributed by atoms with Crippen molar-refractivity contribution in [2.24, 2.45) is 5.73 Å². The molecule has 0 fully saturated rings. The van der Waals surface area contributed by atoms with Crippen molar-refractivity contribution in [1.82, 2.24) is 0 Å². The summed E-state index contributed by atoms with van der Waals surface area (Å²) in [5.41, 5.74) is 6.62. The Morgan fingerprint density at radius 3 is 2.26 bits per heavy atom. The Hall–Kier alpha value is -1.00. The van der Waals surface area contributed by atoms with E-state index in [4.69, 9.17) is 10.8 Å². The summed E-state index contributed by atoms with van der Waals surface area (Å²) in [6.45, 7) is 3.40. The SMILES string of the molecule is CCO.Cl.Cl.NCCNc1cccc2ccccc12. The lowest BCUT2D eigenvalue weighted by Crippen LogP contribution is -2.13. The molecule has 4 N–H and O–H groups in total. The number of aliphatic hydroxyl groups excluding tert-OH is 1. The molecule has 0 saturated carbocycles. The van der Waals surface area contributed by atoms with E-state index in [0.717, 1.165) is 12.2 Å². The highest BCUT2D eigenvalue weighted by Crippen LogP contribution is 2.22. The van der Waals surface area contributed by atoms with Crippen molar-refractivity contribution in [2.75, 3.05) is 25.0 Å². The molecular formula is C14H22Cl2N2O. The third-order valence-corrected chi connectivity index (χ3v) is 2.25. The quantitative estimate of drug-likeness (QED) is 0.817. The fraction of sp³-hybridized carbons (Fsp3) is 0.286. The molecule has 108 valence electrons. The lowest BCUT2D eigenvalue weighted by Gasteiger charge is -2.08. The van der Waals surface area contributed by atoms with Gasteiger partial charge in [-0.2, -0.15) is 0 Å². The van der Waals surface area contributed by atoms with Crippen LogP contribution in [-0.4, -0.2) is 24.8 Å². The largest absolute Gasteiger partial charge is 0.397 e. The molecule has 0 spiro atoms. The van der Waals surface area contributed by atoms with E-state index in [2.05, 4.69) is 47.8 Å². The van der Waals surface area contributed by atoms with E-state index >= 15 is 0 Å². The Bertz CT molecular complexity index is 447. The van der Waals surface area contributed by atoms with Gasteiger partial charge in [-0.15, -0.1) is 24.8 Å². The first-order chi connectivity index (χ1) is 8.33. The summed E-state index contributed by atoms with van der Waals surface area (Å²) in [6.07, 6.45) is 0. The van der Waals surface area contributed by atoms with Crippen molar-refractivity contribution in [2.45, 2.75) is 6.92 Å². The fourth-order valence-electron chi connectivity index (χ4n) is 1.59. The molecule has 0 bridgehead atoms. The van der Waals surface area contributed by atoms with Crippen molar-refractivity contribution in [3.63, 3.8) is 0 Å². The predicted molar refractivity (Wildman–Crippen MR) is 88.7 cm³/mol. The molecule has 2 aromatic rings. The first-order valence-corrected chi connectivity index (χ1v) is 5.86. The molecule has 0 aliphatic rings. The smallest absolute Gasteiger partial charge is 0.0420 e. The number of aliphatic hydroxyl groups is 1. The minimum atomic E-state index is 0. The van der Waals surface area contributed by atoms with E-state index in [0.29, 0.717) is 6.54 Å².